The van der Waals surface area contributed by atoms with Gasteiger partial charge in [-0.15, -0.1) is 0 Å². The molecular weight excluding hydrogens is 264 g/mol. The van der Waals surface area contributed by atoms with Crippen LogP contribution < -0.4 is 4.89 Å². The Kier molecular flexibility index (Phi) is 4.14. The summed E-state index contributed by atoms with van der Waals surface area (Å²) in [4.78, 5) is 11.3. The summed E-state index contributed by atoms with van der Waals surface area (Å²) in [5.41, 5.74) is 0. The van der Waals surface area contributed by atoms with Gasteiger partial charge in [-0.25, -0.2) is 8.42 Å². The van der Waals surface area contributed by atoms with Gasteiger partial charge in [-0.05, 0) is 18.1 Å². The summed E-state index contributed by atoms with van der Waals surface area (Å²) in [6.07, 6.45) is 3.19. The molecule has 1 N–H and O–H groups in total. The summed E-state index contributed by atoms with van der Waals surface area (Å²) in [5, 5.41) is 1.40. The van der Waals surface area contributed by atoms with Crippen LogP contribution in [0.3, 0.4) is 0 Å². The van der Waals surface area contributed by atoms with Crippen LogP contribution in [0.4, 0.5) is 0 Å². The van der Waals surface area contributed by atoms with Crippen molar-refractivity contribution in [1.29, 1.82) is 0 Å². The molecule has 0 aliphatic heterocycles. The molecule has 0 bridgehead atoms. The third-order valence-electron chi connectivity index (χ3n) is 2.52. The fourth-order valence-corrected chi connectivity index (χ4v) is 2.70. The van der Waals surface area contributed by atoms with Crippen LogP contribution in [0.1, 0.15) is 13.8 Å². The molecule has 102 valence electrons. The van der Waals surface area contributed by atoms with E-state index in [2.05, 4.69) is 9.87 Å². The normalized spacial score (nSPS) is 12.2. The SMILES string of the molecule is CC(C)CONS(=O)(=O)c1cccc2cnccc12. The molecule has 5 nitrogen and oxygen atoms in total. The number of rotatable bonds is 5. The third kappa shape index (κ3) is 3.28. The van der Waals surface area contributed by atoms with Crippen LogP contribution >= 0.6 is 0 Å². The first-order chi connectivity index (χ1) is 9.00. The lowest BCUT2D eigenvalue weighted by molar-refractivity contribution is 0.0719. The summed E-state index contributed by atoms with van der Waals surface area (Å²) >= 11 is 0. The quantitative estimate of drug-likeness (QED) is 0.852. The van der Waals surface area contributed by atoms with E-state index in [1.807, 2.05) is 19.9 Å². The van der Waals surface area contributed by atoms with Crippen LogP contribution in [0.5, 0.6) is 0 Å². The van der Waals surface area contributed by atoms with E-state index in [-0.39, 0.29) is 10.8 Å². The zero-order valence-corrected chi connectivity index (χ0v) is 11.6. The molecule has 0 unspecified atom stereocenters. The van der Waals surface area contributed by atoms with E-state index in [1.54, 1.807) is 30.6 Å². The first-order valence-electron chi connectivity index (χ1n) is 5.97. The Morgan fingerprint density at radius 3 is 2.84 bits per heavy atom. The Balaban J connectivity index is 2.33. The predicted octanol–water partition coefficient (Wildman–Crippen LogP) is 2.10. The highest BCUT2D eigenvalue weighted by Gasteiger charge is 2.17. The van der Waals surface area contributed by atoms with Crippen molar-refractivity contribution >= 4 is 20.8 Å². The molecule has 1 aromatic heterocycles. The molecule has 0 aliphatic carbocycles. The van der Waals surface area contributed by atoms with E-state index in [0.717, 1.165) is 5.39 Å². The van der Waals surface area contributed by atoms with Gasteiger partial charge in [-0.2, -0.15) is 0 Å². The van der Waals surface area contributed by atoms with Crippen molar-refractivity contribution in [1.82, 2.24) is 9.87 Å². The van der Waals surface area contributed by atoms with Gasteiger partial charge in [0.15, 0.2) is 0 Å². The van der Waals surface area contributed by atoms with Gasteiger partial charge in [0.05, 0.1) is 11.5 Å². The molecule has 19 heavy (non-hydrogen) atoms. The van der Waals surface area contributed by atoms with Crippen molar-refractivity contribution in [2.75, 3.05) is 6.61 Å². The van der Waals surface area contributed by atoms with Crippen LogP contribution in [0, 0.1) is 5.92 Å². The van der Waals surface area contributed by atoms with E-state index >= 15 is 0 Å². The second kappa shape index (κ2) is 5.64. The van der Waals surface area contributed by atoms with Gasteiger partial charge in [-0.3, -0.25) is 9.82 Å². The van der Waals surface area contributed by atoms with Gasteiger partial charge >= 0.3 is 0 Å². The van der Waals surface area contributed by atoms with Crippen molar-refractivity contribution < 1.29 is 13.3 Å². The van der Waals surface area contributed by atoms with E-state index in [0.29, 0.717) is 12.0 Å². The fraction of sp³-hybridized carbons (Fsp3) is 0.308. The van der Waals surface area contributed by atoms with Gasteiger partial charge in [-0.1, -0.05) is 30.9 Å². The molecule has 0 atom stereocenters. The van der Waals surface area contributed by atoms with Crippen molar-refractivity contribution in [2.24, 2.45) is 5.92 Å². The Bertz CT molecular complexity index is 663. The van der Waals surface area contributed by atoms with Crippen LogP contribution in [0.2, 0.25) is 0 Å². The average molecular weight is 280 g/mol. The van der Waals surface area contributed by atoms with Gasteiger partial charge in [0.2, 0.25) is 0 Å². The molecule has 2 aromatic rings. The zero-order valence-electron chi connectivity index (χ0n) is 10.8. The summed E-state index contributed by atoms with van der Waals surface area (Å²) in [6, 6.07) is 6.72. The van der Waals surface area contributed by atoms with E-state index in [1.165, 1.54) is 0 Å². The molecule has 0 radical (unpaired) electrons. The first-order valence-corrected chi connectivity index (χ1v) is 7.45. The number of hydrogen-bond donors (Lipinski definition) is 1. The monoisotopic (exact) mass is 280 g/mol. The zero-order chi connectivity index (χ0) is 13.9. The maximum absolute atomic E-state index is 12.2. The predicted molar refractivity (Wildman–Crippen MR) is 72.9 cm³/mol. The second-order valence-electron chi connectivity index (χ2n) is 4.64. The number of pyridine rings is 1. The molecule has 1 heterocycles. The first kappa shape index (κ1) is 13.9. The number of aromatic nitrogens is 1. The molecule has 0 spiro atoms. The van der Waals surface area contributed by atoms with Crippen molar-refractivity contribution in [3.8, 4) is 0 Å². The molecule has 2 rings (SSSR count). The Morgan fingerprint density at radius 2 is 2.11 bits per heavy atom. The molecule has 1 aromatic carbocycles. The van der Waals surface area contributed by atoms with Crippen molar-refractivity contribution in [3.05, 3.63) is 36.7 Å². The minimum Gasteiger partial charge on any atom is -0.287 e. The lowest BCUT2D eigenvalue weighted by Gasteiger charge is -2.10. The number of sulfonamides is 1. The highest BCUT2D eigenvalue weighted by molar-refractivity contribution is 7.89. The van der Waals surface area contributed by atoms with Crippen molar-refractivity contribution in [3.63, 3.8) is 0 Å². The lowest BCUT2D eigenvalue weighted by Crippen LogP contribution is -2.26. The molecule has 0 aliphatic rings. The minimum absolute atomic E-state index is 0.191. The summed E-state index contributed by atoms with van der Waals surface area (Å²) in [6.45, 7) is 4.21. The Hall–Kier alpha value is -1.50. The fourth-order valence-electron chi connectivity index (χ4n) is 1.65. The summed E-state index contributed by atoms with van der Waals surface area (Å²) in [7, 11) is -3.68. The standard InChI is InChI=1S/C13H16N2O3S/c1-10(2)9-18-15-19(16,17)13-5-3-4-11-8-14-7-6-12(11)13/h3-8,10,15H,9H2,1-2H3. The smallest absolute Gasteiger partial charge is 0.263 e. The topological polar surface area (TPSA) is 68.3 Å². The van der Waals surface area contributed by atoms with Crippen LogP contribution in [-0.4, -0.2) is 20.0 Å². The highest BCUT2D eigenvalue weighted by Crippen LogP contribution is 2.21. The number of fused-ring (bicyclic) bond motifs is 1. The summed E-state index contributed by atoms with van der Waals surface area (Å²) < 4.78 is 24.3. The minimum atomic E-state index is -3.68. The second-order valence-corrected chi connectivity index (χ2v) is 6.26. The summed E-state index contributed by atoms with van der Waals surface area (Å²) in [5.74, 6) is 0.249. The lowest BCUT2D eigenvalue weighted by atomic mass is 10.2. The Labute approximate surface area is 112 Å². The van der Waals surface area contributed by atoms with Gasteiger partial charge < -0.3 is 0 Å². The van der Waals surface area contributed by atoms with E-state index < -0.39 is 10.0 Å². The maximum Gasteiger partial charge on any atom is 0.263 e. The Morgan fingerprint density at radius 1 is 1.32 bits per heavy atom. The van der Waals surface area contributed by atoms with Crippen molar-refractivity contribution in [2.45, 2.75) is 18.7 Å². The number of nitrogens with zero attached hydrogens (tertiary/aromatic N) is 1. The van der Waals surface area contributed by atoms with Gasteiger partial charge in [0, 0.05) is 23.2 Å². The average Bonchev–Trinajstić information content (AvgIpc) is 2.37. The van der Waals surface area contributed by atoms with Crippen LogP contribution in [0.25, 0.3) is 10.8 Å². The third-order valence-corrected chi connectivity index (χ3v) is 3.79. The van der Waals surface area contributed by atoms with E-state index in [4.69, 9.17) is 4.84 Å². The molecule has 0 amide bonds. The van der Waals surface area contributed by atoms with Crippen LogP contribution in [-0.2, 0) is 14.9 Å². The molecular formula is C13H16N2O3S. The van der Waals surface area contributed by atoms with E-state index in [9.17, 15) is 8.42 Å². The number of benzene rings is 1. The highest BCUT2D eigenvalue weighted by atomic mass is 32.2. The van der Waals surface area contributed by atoms with Gasteiger partial charge in [0.1, 0.15) is 0 Å². The van der Waals surface area contributed by atoms with Gasteiger partial charge in [0.25, 0.3) is 10.0 Å². The molecule has 6 heteroatoms. The molecule has 0 saturated carbocycles. The van der Waals surface area contributed by atoms with Crippen LogP contribution in [0.15, 0.2) is 41.6 Å². The molecule has 0 fully saturated rings. The number of hydrogen-bond acceptors (Lipinski definition) is 4. The molecule has 0 saturated heterocycles. The largest absolute Gasteiger partial charge is 0.287 e. The number of nitrogens with one attached hydrogen (secondary N) is 1. The maximum atomic E-state index is 12.2.